The van der Waals surface area contributed by atoms with Crippen LogP contribution in [0, 0.1) is 0 Å². The molecule has 1 aromatic rings. The van der Waals surface area contributed by atoms with Crippen molar-refractivity contribution in [1.29, 1.82) is 0 Å². The zero-order chi connectivity index (χ0) is 16.3. The second-order valence-corrected chi connectivity index (χ2v) is 4.60. The quantitative estimate of drug-likeness (QED) is 0.620. The van der Waals surface area contributed by atoms with E-state index in [2.05, 4.69) is 4.74 Å². The summed E-state index contributed by atoms with van der Waals surface area (Å²) in [6.45, 7) is 1.21. The van der Waals surface area contributed by atoms with Gasteiger partial charge in [0.25, 0.3) is 11.8 Å². The molecule has 2 amide bonds. The Kier molecular flexibility index (Phi) is 4.54. The Morgan fingerprint density at radius 3 is 2.18 bits per heavy atom. The van der Waals surface area contributed by atoms with Crippen LogP contribution in [0.25, 0.3) is 0 Å². The van der Waals surface area contributed by atoms with E-state index >= 15 is 0 Å². The summed E-state index contributed by atoms with van der Waals surface area (Å²) in [7, 11) is 0. The molecule has 4 nitrogen and oxygen atoms in total. The van der Waals surface area contributed by atoms with Gasteiger partial charge in [0.2, 0.25) is 0 Å². The molecule has 0 fully saturated rings. The van der Waals surface area contributed by atoms with Crippen molar-refractivity contribution in [2.24, 2.45) is 0 Å². The molecule has 118 valence electrons. The number of carbonyl (C=O) groups excluding carboxylic acids is 2. The van der Waals surface area contributed by atoms with E-state index in [0.29, 0.717) is 0 Å². The first-order valence-electron chi connectivity index (χ1n) is 6.71. The summed E-state index contributed by atoms with van der Waals surface area (Å²) in [5.74, 6) is -2.08. The number of carbonyl (C=O) groups is 2. The highest BCUT2D eigenvalue weighted by atomic mass is 19.4. The summed E-state index contributed by atoms with van der Waals surface area (Å²) >= 11 is 0. The minimum Gasteiger partial charge on any atom is -0.489 e. The standard InChI is InChI=1S/C15H14F3NO3/c1-2-22-12(15(16,17)18)8-5-9-19-13(20)10-6-3-4-7-11(10)14(19)21/h3-4,6-8H,2,5,9H2,1H3/b12-8-. The van der Waals surface area contributed by atoms with Gasteiger partial charge in [-0.15, -0.1) is 0 Å². The maximum Gasteiger partial charge on any atom is 0.448 e. The van der Waals surface area contributed by atoms with E-state index < -0.39 is 23.7 Å². The van der Waals surface area contributed by atoms with Crippen LogP contribution in [-0.4, -0.2) is 36.0 Å². The molecule has 0 atom stereocenters. The largest absolute Gasteiger partial charge is 0.489 e. The first kappa shape index (κ1) is 16.1. The van der Waals surface area contributed by atoms with Gasteiger partial charge in [-0.25, -0.2) is 0 Å². The fraction of sp³-hybridized carbons (Fsp3) is 0.333. The molecule has 22 heavy (non-hydrogen) atoms. The Bertz CT molecular complexity index is 588. The first-order valence-corrected chi connectivity index (χ1v) is 6.71. The molecule has 2 rings (SSSR count). The van der Waals surface area contributed by atoms with Crippen LogP contribution in [0.1, 0.15) is 34.1 Å². The minimum absolute atomic E-state index is 0.113. The van der Waals surface area contributed by atoms with Crippen molar-refractivity contribution < 1.29 is 27.5 Å². The number of allylic oxidation sites excluding steroid dienone is 1. The SMILES string of the molecule is CCO/C(=C\CCN1C(=O)c2ccccc2C1=O)C(F)(F)F. The number of ether oxygens (including phenoxy) is 1. The molecule has 7 heteroatoms. The van der Waals surface area contributed by atoms with Crippen LogP contribution in [0.5, 0.6) is 0 Å². The molecule has 1 aliphatic rings. The van der Waals surface area contributed by atoms with Gasteiger partial charge >= 0.3 is 6.18 Å². The van der Waals surface area contributed by atoms with Crippen molar-refractivity contribution >= 4 is 11.8 Å². The predicted octanol–water partition coefficient (Wildman–Crippen LogP) is 3.16. The highest BCUT2D eigenvalue weighted by Gasteiger charge is 2.37. The van der Waals surface area contributed by atoms with Crippen molar-refractivity contribution in [3.63, 3.8) is 0 Å². The molecule has 0 aliphatic carbocycles. The van der Waals surface area contributed by atoms with Gasteiger partial charge in [0, 0.05) is 6.54 Å². The van der Waals surface area contributed by atoms with Crippen molar-refractivity contribution in [2.45, 2.75) is 19.5 Å². The molecule has 0 aromatic heterocycles. The molecule has 1 aromatic carbocycles. The van der Waals surface area contributed by atoms with Gasteiger partial charge in [-0.2, -0.15) is 13.2 Å². The molecule has 0 bridgehead atoms. The molecular weight excluding hydrogens is 299 g/mol. The highest BCUT2D eigenvalue weighted by molar-refractivity contribution is 6.21. The van der Waals surface area contributed by atoms with Gasteiger partial charge in [0.1, 0.15) is 0 Å². The maximum atomic E-state index is 12.6. The first-order chi connectivity index (χ1) is 10.4. The van der Waals surface area contributed by atoms with Gasteiger partial charge < -0.3 is 4.74 Å². The summed E-state index contributed by atoms with van der Waals surface area (Å²) in [5.41, 5.74) is 0.551. The topological polar surface area (TPSA) is 46.6 Å². The van der Waals surface area contributed by atoms with E-state index in [1.54, 1.807) is 12.1 Å². The molecular formula is C15H14F3NO3. The van der Waals surface area contributed by atoms with Gasteiger partial charge in [-0.05, 0) is 31.6 Å². The zero-order valence-electron chi connectivity index (χ0n) is 11.8. The van der Waals surface area contributed by atoms with E-state index in [1.165, 1.54) is 19.1 Å². The lowest BCUT2D eigenvalue weighted by Crippen LogP contribution is -2.30. The minimum atomic E-state index is -4.59. The van der Waals surface area contributed by atoms with E-state index in [4.69, 9.17) is 0 Å². The van der Waals surface area contributed by atoms with Crippen molar-refractivity contribution in [3.05, 3.63) is 47.2 Å². The average Bonchev–Trinajstić information content (AvgIpc) is 2.70. The molecule has 0 radical (unpaired) electrons. The molecule has 0 spiro atoms. The second kappa shape index (κ2) is 6.21. The van der Waals surface area contributed by atoms with Crippen LogP contribution >= 0.6 is 0 Å². The zero-order valence-corrected chi connectivity index (χ0v) is 11.8. The van der Waals surface area contributed by atoms with E-state index in [0.717, 1.165) is 11.0 Å². The Morgan fingerprint density at radius 1 is 1.18 bits per heavy atom. The number of amides is 2. The fourth-order valence-electron chi connectivity index (χ4n) is 2.18. The summed E-state index contributed by atoms with van der Waals surface area (Å²) < 4.78 is 42.4. The predicted molar refractivity (Wildman–Crippen MR) is 72.2 cm³/mol. The van der Waals surface area contributed by atoms with E-state index in [1.807, 2.05) is 0 Å². The van der Waals surface area contributed by atoms with Crippen molar-refractivity contribution in [3.8, 4) is 0 Å². The molecule has 0 saturated carbocycles. The molecule has 0 N–H and O–H groups in total. The van der Waals surface area contributed by atoms with Crippen LogP contribution in [0.3, 0.4) is 0 Å². The maximum absolute atomic E-state index is 12.6. The number of nitrogens with zero attached hydrogens (tertiary/aromatic N) is 1. The van der Waals surface area contributed by atoms with Gasteiger partial charge in [-0.1, -0.05) is 12.1 Å². The van der Waals surface area contributed by atoms with Crippen LogP contribution in [-0.2, 0) is 4.74 Å². The molecule has 0 unspecified atom stereocenters. The van der Waals surface area contributed by atoms with Crippen LogP contribution in [0.15, 0.2) is 36.1 Å². The lowest BCUT2D eigenvalue weighted by atomic mass is 10.1. The summed E-state index contributed by atoms with van der Waals surface area (Å²) in [4.78, 5) is 25.0. The van der Waals surface area contributed by atoms with Crippen LogP contribution in [0.4, 0.5) is 13.2 Å². The van der Waals surface area contributed by atoms with Gasteiger partial charge in [0.15, 0.2) is 5.76 Å². The van der Waals surface area contributed by atoms with Crippen molar-refractivity contribution in [2.75, 3.05) is 13.2 Å². The Balaban J connectivity index is 2.07. The fourth-order valence-corrected chi connectivity index (χ4v) is 2.18. The third-order valence-electron chi connectivity index (χ3n) is 3.14. The summed E-state index contributed by atoms with van der Waals surface area (Å²) in [6.07, 6.45) is -3.86. The third-order valence-corrected chi connectivity index (χ3v) is 3.14. The average molecular weight is 313 g/mol. The number of hydrogen-bond donors (Lipinski definition) is 0. The lowest BCUT2D eigenvalue weighted by molar-refractivity contribution is -0.130. The smallest absolute Gasteiger partial charge is 0.448 e. The van der Waals surface area contributed by atoms with Gasteiger partial charge in [-0.3, -0.25) is 14.5 Å². The summed E-state index contributed by atoms with van der Waals surface area (Å²) in [5, 5.41) is 0. The van der Waals surface area contributed by atoms with E-state index in [9.17, 15) is 22.8 Å². The number of alkyl halides is 3. The Morgan fingerprint density at radius 2 is 1.73 bits per heavy atom. The summed E-state index contributed by atoms with van der Waals surface area (Å²) in [6, 6.07) is 6.30. The molecule has 1 heterocycles. The number of imide groups is 1. The van der Waals surface area contributed by atoms with Gasteiger partial charge in [0.05, 0.1) is 17.7 Å². The number of hydrogen-bond acceptors (Lipinski definition) is 3. The number of rotatable bonds is 5. The molecule has 0 saturated heterocycles. The Hall–Kier alpha value is -2.31. The normalized spacial score (nSPS) is 15.3. The monoisotopic (exact) mass is 313 g/mol. The molecule has 1 aliphatic heterocycles. The van der Waals surface area contributed by atoms with Crippen LogP contribution in [0.2, 0.25) is 0 Å². The number of fused-ring (bicyclic) bond motifs is 1. The van der Waals surface area contributed by atoms with Crippen molar-refractivity contribution in [1.82, 2.24) is 4.90 Å². The lowest BCUT2D eigenvalue weighted by Gasteiger charge is -2.14. The number of benzene rings is 1. The highest BCUT2D eigenvalue weighted by Crippen LogP contribution is 2.27. The Labute approximate surface area is 125 Å². The second-order valence-electron chi connectivity index (χ2n) is 4.60. The third kappa shape index (κ3) is 3.13. The van der Waals surface area contributed by atoms with E-state index in [-0.39, 0.29) is 30.7 Å². The van der Waals surface area contributed by atoms with Crippen LogP contribution < -0.4 is 0 Å². The number of halogens is 3.